The summed E-state index contributed by atoms with van der Waals surface area (Å²) in [4.78, 5) is 4.82. The van der Waals surface area contributed by atoms with Gasteiger partial charge in [0.2, 0.25) is 0 Å². The second kappa shape index (κ2) is 18.5. The van der Waals surface area contributed by atoms with Gasteiger partial charge in [-0.05, 0) is 103 Å². The van der Waals surface area contributed by atoms with Gasteiger partial charge in [0.05, 0.1) is 16.7 Å². The first-order valence-electron chi connectivity index (χ1n) is 23.9. The van der Waals surface area contributed by atoms with Gasteiger partial charge in [0, 0.05) is 44.3 Å². The molecule has 11 rings (SSSR count). The molecule has 0 bridgehead atoms. The van der Waals surface area contributed by atoms with E-state index < -0.39 is 0 Å². The van der Waals surface area contributed by atoms with Gasteiger partial charge in [0.25, 0.3) is 6.33 Å². The minimum atomic E-state index is -0.0598. The predicted molar refractivity (Wildman–Crippen MR) is 283 cm³/mol. The molecular weight excluding hydrogens is 1040 g/mol. The van der Waals surface area contributed by atoms with Crippen molar-refractivity contribution >= 4 is 32.8 Å². The largest absolute Gasteiger partial charge is 0.510 e. The molecule has 0 aliphatic carbocycles. The van der Waals surface area contributed by atoms with Gasteiger partial charge in [-0.25, -0.2) is 4.98 Å². The van der Waals surface area contributed by atoms with Crippen LogP contribution in [0.3, 0.4) is 0 Å². The Kier molecular flexibility index (Phi) is 12.3. The number of para-hydroxylation sites is 2. The van der Waals surface area contributed by atoms with Crippen LogP contribution in [0.4, 0.5) is 0 Å². The third kappa shape index (κ3) is 8.69. The van der Waals surface area contributed by atoms with E-state index in [1.807, 2.05) is 24.4 Å². The summed E-state index contributed by atoms with van der Waals surface area (Å²) in [5.41, 5.74) is 16.3. The molecule has 8 aromatic carbocycles. The molecule has 0 aliphatic heterocycles. The molecule has 0 saturated heterocycles. The van der Waals surface area contributed by atoms with Crippen LogP contribution < -0.4 is 9.30 Å². The first-order chi connectivity index (χ1) is 33.4. The van der Waals surface area contributed by atoms with Gasteiger partial charge in [0.15, 0.2) is 0 Å². The normalized spacial score (nSPS) is 11.9. The Morgan fingerprint density at radius 3 is 1.91 bits per heavy atom. The van der Waals surface area contributed by atoms with Gasteiger partial charge in [-0.15, -0.1) is 29.7 Å². The molecule has 0 fully saturated rings. The Bertz CT molecular complexity index is 3670. The van der Waals surface area contributed by atoms with E-state index in [1.165, 1.54) is 22.3 Å². The minimum absolute atomic E-state index is 0. The Balaban J connectivity index is 0.00000567. The van der Waals surface area contributed by atoms with Crippen LogP contribution in [0, 0.1) is 18.5 Å². The van der Waals surface area contributed by atoms with Gasteiger partial charge in [0.1, 0.15) is 5.82 Å². The number of pyridine rings is 1. The molecular formula is C64H54N4OPt-2. The summed E-state index contributed by atoms with van der Waals surface area (Å²) in [6.07, 6.45) is 6.71. The molecule has 348 valence electrons. The number of rotatable bonds is 9. The Morgan fingerprint density at radius 2 is 1.20 bits per heavy atom. The average Bonchev–Trinajstić information content (AvgIpc) is 3.91. The van der Waals surface area contributed by atoms with Crippen molar-refractivity contribution in [1.82, 2.24) is 14.1 Å². The molecule has 5 nitrogen and oxygen atoms in total. The number of ether oxygens (including phenoxy) is 1. The SMILES string of the molecule is CCc1ccnc(-n2c3[c-]c(Oc4[c-]c(-n5[c-][n+](-c6c(-c7ccccc7)cccc6-c6cc(C(C)(C)C)cc(C(C)(C)C)c6)c6cc(-c7ccccc7)ccc65)ccc4)ccc3c3ccccc32)c1.[Pt]. The first-order valence-corrected chi connectivity index (χ1v) is 23.9. The second-order valence-corrected chi connectivity index (χ2v) is 20.0. The summed E-state index contributed by atoms with van der Waals surface area (Å²) < 4.78 is 13.3. The van der Waals surface area contributed by atoms with Crippen molar-refractivity contribution in [3.63, 3.8) is 0 Å². The molecule has 0 amide bonds. The molecule has 0 spiro atoms. The standard InChI is InChI=1S/C64H54N4O.Pt/c1-8-43-33-34-65-61(35-43)68-57-28-16-15-25-55(57)56-31-30-52(41-59(56)68)69-51-24-17-23-50(40-51)66-42-67(60-38-46(29-32-58(60)66)44-19-11-9-12-20-44)62-53(45-21-13-10-14-22-45)26-18-27-54(62)47-36-48(63(2,3)4)39-49(37-47)64(5,6)7;/h9-39H,8H2,1-7H3;/q-2;. The van der Waals surface area contributed by atoms with E-state index in [1.54, 1.807) is 0 Å². The molecule has 3 heterocycles. The minimum Gasteiger partial charge on any atom is -0.510 e. The molecule has 0 unspecified atom stereocenters. The fourth-order valence-corrected chi connectivity index (χ4v) is 9.50. The summed E-state index contributed by atoms with van der Waals surface area (Å²) in [5.74, 6) is 2.01. The second-order valence-electron chi connectivity index (χ2n) is 20.0. The van der Waals surface area contributed by atoms with Crippen LogP contribution in [-0.4, -0.2) is 14.1 Å². The van der Waals surface area contributed by atoms with Crippen molar-refractivity contribution in [3.8, 4) is 62.1 Å². The number of aryl methyl sites for hydroxylation is 1. The van der Waals surface area contributed by atoms with Crippen molar-refractivity contribution in [2.24, 2.45) is 0 Å². The average molecular weight is 1090 g/mol. The summed E-state index contributed by atoms with van der Waals surface area (Å²) in [7, 11) is 0. The van der Waals surface area contributed by atoms with E-state index in [0.717, 1.165) is 84.3 Å². The number of imidazole rings is 1. The first kappa shape index (κ1) is 46.4. The van der Waals surface area contributed by atoms with Gasteiger partial charge < -0.3 is 13.9 Å². The number of aromatic nitrogens is 4. The van der Waals surface area contributed by atoms with Crippen LogP contribution in [0.1, 0.15) is 65.2 Å². The van der Waals surface area contributed by atoms with Crippen LogP contribution in [0.15, 0.2) is 188 Å². The van der Waals surface area contributed by atoms with Gasteiger partial charge in [-0.1, -0.05) is 181 Å². The molecule has 0 N–H and O–H groups in total. The van der Waals surface area contributed by atoms with Gasteiger partial charge >= 0.3 is 0 Å². The fraction of sp³-hybridized carbons (Fsp3) is 0.156. The quantitative estimate of drug-likeness (QED) is 0.107. The van der Waals surface area contributed by atoms with Crippen molar-refractivity contribution < 1.29 is 30.4 Å². The number of nitrogens with zero attached hydrogens (tertiary/aromatic N) is 4. The van der Waals surface area contributed by atoms with Crippen molar-refractivity contribution in [3.05, 3.63) is 223 Å². The number of benzene rings is 8. The van der Waals surface area contributed by atoms with Crippen molar-refractivity contribution in [1.29, 1.82) is 0 Å². The number of hydrogen-bond donors (Lipinski definition) is 0. The molecule has 0 radical (unpaired) electrons. The van der Waals surface area contributed by atoms with E-state index in [9.17, 15) is 0 Å². The molecule has 0 atom stereocenters. The zero-order valence-corrected chi connectivity index (χ0v) is 42.9. The Labute approximate surface area is 426 Å². The van der Waals surface area contributed by atoms with Crippen molar-refractivity contribution in [2.75, 3.05) is 0 Å². The van der Waals surface area contributed by atoms with Crippen LogP contribution >= 0.6 is 0 Å². The van der Waals surface area contributed by atoms with Crippen LogP contribution in [-0.2, 0) is 38.3 Å². The van der Waals surface area contributed by atoms with Crippen LogP contribution in [0.25, 0.3) is 83.4 Å². The molecule has 0 aliphatic rings. The molecule has 3 aromatic heterocycles. The number of hydrogen-bond acceptors (Lipinski definition) is 2. The molecule has 0 saturated carbocycles. The summed E-state index contributed by atoms with van der Waals surface area (Å²) in [6, 6.07) is 72.0. The van der Waals surface area contributed by atoms with E-state index in [4.69, 9.17) is 9.72 Å². The third-order valence-electron chi connectivity index (χ3n) is 13.3. The summed E-state index contributed by atoms with van der Waals surface area (Å²) >= 11 is 0. The smallest absolute Gasteiger partial charge is 0.268 e. The topological polar surface area (TPSA) is 35.9 Å². The maximum atomic E-state index is 6.71. The number of fused-ring (bicyclic) bond motifs is 4. The van der Waals surface area contributed by atoms with Gasteiger partial charge in [-0.2, -0.15) is 18.2 Å². The maximum absolute atomic E-state index is 6.71. The summed E-state index contributed by atoms with van der Waals surface area (Å²) in [5, 5.41) is 2.22. The molecule has 6 heteroatoms. The Morgan fingerprint density at radius 1 is 0.543 bits per heavy atom. The zero-order chi connectivity index (χ0) is 47.4. The third-order valence-corrected chi connectivity index (χ3v) is 13.3. The molecule has 70 heavy (non-hydrogen) atoms. The fourth-order valence-electron chi connectivity index (χ4n) is 9.50. The van der Waals surface area contributed by atoms with E-state index in [2.05, 4.69) is 244 Å². The van der Waals surface area contributed by atoms with Crippen molar-refractivity contribution in [2.45, 2.75) is 65.7 Å². The van der Waals surface area contributed by atoms with E-state index in [0.29, 0.717) is 11.5 Å². The molecule has 11 aromatic rings. The summed E-state index contributed by atoms with van der Waals surface area (Å²) in [6.45, 7) is 16.0. The van der Waals surface area contributed by atoms with Crippen LogP contribution in [0.2, 0.25) is 0 Å². The van der Waals surface area contributed by atoms with E-state index >= 15 is 0 Å². The zero-order valence-electron chi connectivity index (χ0n) is 40.6. The van der Waals surface area contributed by atoms with Gasteiger partial charge in [-0.3, -0.25) is 4.57 Å². The van der Waals surface area contributed by atoms with E-state index in [-0.39, 0.29) is 31.9 Å². The monoisotopic (exact) mass is 1090 g/mol. The Hall–Kier alpha value is -7.33. The predicted octanol–water partition coefficient (Wildman–Crippen LogP) is 15.7. The maximum Gasteiger partial charge on any atom is 0.268 e. The van der Waals surface area contributed by atoms with Crippen LogP contribution in [0.5, 0.6) is 11.5 Å².